The maximum Gasteiger partial charge on any atom is 0.119 e. The highest BCUT2D eigenvalue weighted by atomic mass is 16.3. The summed E-state index contributed by atoms with van der Waals surface area (Å²) in [5.41, 5.74) is 3.52. The Kier molecular flexibility index (Phi) is 3.20. The number of phenols is 1. The second-order valence-corrected chi connectivity index (χ2v) is 4.78. The molecule has 0 fully saturated rings. The van der Waals surface area contributed by atoms with Gasteiger partial charge in [0.2, 0.25) is 0 Å². The minimum Gasteiger partial charge on any atom is -0.508 e. The summed E-state index contributed by atoms with van der Waals surface area (Å²) in [4.78, 5) is 0. The van der Waals surface area contributed by atoms with Gasteiger partial charge in [-0.2, -0.15) is 0 Å². The Morgan fingerprint density at radius 1 is 0.895 bits per heavy atom. The fourth-order valence-electron chi connectivity index (χ4n) is 2.65. The molecule has 0 spiro atoms. The Hall–Kier alpha value is -2.28. The number of allylic oxidation sites excluding steroid dienone is 4. The van der Waals surface area contributed by atoms with Gasteiger partial charge in [-0.05, 0) is 18.1 Å². The van der Waals surface area contributed by atoms with Crippen LogP contribution in [0.5, 0.6) is 5.75 Å². The highest BCUT2D eigenvalue weighted by Gasteiger charge is 2.21. The van der Waals surface area contributed by atoms with Crippen LogP contribution in [0.3, 0.4) is 0 Å². The number of para-hydroxylation sites is 1. The Morgan fingerprint density at radius 2 is 1.63 bits per heavy atom. The molecular weight excluding hydrogens is 232 g/mol. The maximum absolute atomic E-state index is 10.2. The second kappa shape index (κ2) is 5.15. The van der Waals surface area contributed by atoms with E-state index in [0.29, 0.717) is 5.75 Å². The average Bonchev–Trinajstić information content (AvgIpc) is 2.96. The van der Waals surface area contributed by atoms with E-state index in [-0.39, 0.29) is 5.92 Å². The molecular formula is C18H16O. The summed E-state index contributed by atoms with van der Waals surface area (Å²) in [6.45, 7) is 0. The van der Waals surface area contributed by atoms with Crippen molar-refractivity contribution >= 4 is 0 Å². The molecule has 2 aromatic rings. The maximum atomic E-state index is 10.2. The Labute approximate surface area is 113 Å². The van der Waals surface area contributed by atoms with Crippen LogP contribution in [0.15, 0.2) is 78.4 Å². The van der Waals surface area contributed by atoms with Crippen molar-refractivity contribution in [2.24, 2.45) is 0 Å². The van der Waals surface area contributed by atoms with Gasteiger partial charge in [-0.25, -0.2) is 0 Å². The van der Waals surface area contributed by atoms with Crippen LogP contribution in [0.2, 0.25) is 0 Å². The molecule has 0 radical (unpaired) electrons. The molecule has 0 aromatic heterocycles. The molecule has 19 heavy (non-hydrogen) atoms. The third-order valence-electron chi connectivity index (χ3n) is 3.55. The van der Waals surface area contributed by atoms with E-state index in [1.807, 2.05) is 36.4 Å². The molecule has 0 aliphatic heterocycles. The Morgan fingerprint density at radius 3 is 2.32 bits per heavy atom. The van der Waals surface area contributed by atoms with E-state index >= 15 is 0 Å². The molecule has 1 aliphatic rings. The molecule has 1 N–H and O–H groups in total. The minimum atomic E-state index is 0.136. The number of hydrogen-bond donors (Lipinski definition) is 1. The van der Waals surface area contributed by atoms with E-state index in [1.165, 1.54) is 11.1 Å². The van der Waals surface area contributed by atoms with E-state index in [2.05, 4.69) is 30.4 Å². The summed E-state index contributed by atoms with van der Waals surface area (Å²) in [5.74, 6) is 0.501. The highest BCUT2D eigenvalue weighted by molar-refractivity contribution is 5.49. The zero-order chi connectivity index (χ0) is 13.1. The lowest BCUT2D eigenvalue weighted by molar-refractivity contribution is 0.467. The lowest BCUT2D eigenvalue weighted by atomic mass is 9.84. The van der Waals surface area contributed by atoms with Crippen molar-refractivity contribution in [1.29, 1.82) is 0 Å². The van der Waals surface area contributed by atoms with Crippen molar-refractivity contribution < 1.29 is 5.11 Å². The lowest BCUT2D eigenvalue weighted by Crippen LogP contribution is -2.04. The second-order valence-electron chi connectivity index (χ2n) is 4.78. The first kappa shape index (κ1) is 11.8. The van der Waals surface area contributed by atoms with E-state index in [9.17, 15) is 5.11 Å². The van der Waals surface area contributed by atoms with Crippen LogP contribution < -0.4 is 0 Å². The number of aromatic hydroxyl groups is 1. The molecule has 2 aromatic carbocycles. The lowest BCUT2D eigenvalue weighted by Gasteiger charge is -2.20. The summed E-state index contributed by atoms with van der Waals surface area (Å²) in [6, 6.07) is 18.0. The first-order chi connectivity index (χ1) is 9.36. The molecule has 94 valence electrons. The van der Waals surface area contributed by atoms with E-state index in [0.717, 1.165) is 12.0 Å². The van der Waals surface area contributed by atoms with Gasteiger partial charge in [0.25, 0.3) is 0 Å². The van der Waals surface area contributed by atoms with Crippen molar-refractivity contribution in [3.63, 3.8) is 0 Å². The van der Waals surface area contributed by atoms with Gasteiger partial charge in [0, 0.05) is 11.5 Å². The molecule has 0 bridgehead atoms. The summed E-state index contributed by atoms with van der Waals surface area (Å²) >= 11 is 0. The van der Waals surface area contributed by atoms with Gasteiger partial charge in [0.05, 0.1) is 0 Å². The monoisotopic (exact) mass is 248 g/mol. The fraction of sp³-hybridized carbons (Fsp3) is 0.111. The van der Waals surface area contributed by atoms with Crippen LogP contribution in [0.25, 0.3) is 0 Å². The van der Waals surface area contributed by atoms with Crippen LogP contribution in [-0.4, -0.2) is 5.11 Å². The molecule has 0 saturated heterocycles. The highest BCUT2D eigenvalue weighted by Crippen LogP contribution is 2.39. The Balaban J connectivity index is 2.10. The van der Waals surface area contributed by atoms with Gasteiger partial charge in [-0.3, -0.25) is 0 Å². The van der Waals surface area contributed by atoms with Crippen LogP contribution in [0, 0.1) is 0 Å². The first-order valence-corrected chi connectivity index (χ1v) is 6.54. The number of hydrogen-bond acceptors (Lipinski definition) is 1. The van der Waals surface area contributed by atoms with E-state index in [1.54, 1.807) is 6.07 Å². The molecule has 0 amide bonds. The fourth-order valence-corrected chi connectivity index (χ4v) is 2.65. The molecule has 3 rings (SSSR count). The van der Waals surface area contributed by atoms with Crippen molar-refractivity contribution in [2.75, 3.05) is 0 Å². The molecule has 1 atom stereocenters. The molecule has 1 nitrogen and oxygen atoms in total. The van der Waals surface area contributed by atoms with Crippen LogP contribution in [-0.2, 0) is 0 Å². The minimum absolute atomic E-state index is 0.136. The summed E-state index contributed by atoms with van der Waals surface area (Å²) in [6.07, 6.45) is 7.36. The van der Waals surface area contributed by atoms with Gasteiger partial charge >= 0.3 is 0 Å². The van der Waals surface area contributed by atoms with Crippen molar-refractivity contribution in [2.45, 2.75) is 12.3 Å². The largest absolute Gasteiger partial charge is 0.508 e. The normalized spacial score (nSPS) is 15.3. The van der Waals surface area contributed by atoms with Gasteiger partial charge in [0.15, 0.2) is 0 Å². The van der Waals surface area contributed by atoms with Gasteiger partial charge < -0.3 is 5.11 Å². The number of phenolic OH excluding ortho intramolecular Hbond substituents is 1. The third kappa shape index (κ3) is 2.32. The van der Waals surface area contributed by atoms with Gasteiger partial charge in [-0.15, -0.1) is 0 Å². The summed E-state index contributed by atoms with van der Waals surface area (Å²) in [7, 11) is 0. The predicted molar refractivity (Wildman–Crippen MR) is 78.2 cm³/mol. The van der Waals surface area contributed by atoms with Crippen LogP contribution in [0.1, 0.15) is 23.5 Å². The smallest absolute Gasteiger partial charge is 0.119 e. The van der Waals surface area contributed by atoms with Crippen molar-refractivity contribution in [3.05, 3.63) is 89.5 Å². The average molecular weight is 248 g/mol. The molecule has 0 saturated carbocycles. The standard InChI is InChI=1S/C18H16O/c19-17-13-7-6-12-16(17)18(15-10-4-5-11-15)14-8-2-1-3-9-14/h1-10,12-13,18-19H,11H2. The topological polar surface area (TPSA) is 20.2 Å². The van der Waals surface area contributed by atoms with Crippen molar-refractivity contribution in [3.8, 4) is 5.75 Å². The molecule has 1 aliphatic carbocycles. The third-order valence-corrected chi connectivity index (χ3v) is 3.55. The first-order valence-electron chi connectivity index (χ1n) is 6.54. The van der Waals surface area contributed by atoms with E-state index in [4.69, 9.17) is 0 Å². The van der Waals surface area contributed by atoms with Crippen LogP contribution in [0.4, 0.5) is 0 Å². The Bertz CT molecular complexity index is 623. The van der Waals surface area contributed by atoms with Crippen LogP contribution >= 0.6 is 0 Å². The zero-order valence-electron chi connectivity index (χ0n) is 10.7. The number of benzene rings is 2. The SMILES string of the molecule is Oc1ccccc1C(C1=CC=CC1)c1ccccc1. The zero-order valence-corrected chi connectivity index (χ0v) is 10.7. The summed E-state index contributed by atoms with van der Waals surface area (Å²) < 4.78 is 0. The predicted octanol–water partition coefficient (Wildman–Crippen LogP) is 4.41. The summed E-state index contributed by atoms with van der Waals surface area (Å²) in [5, 5.41) is 10.2. The van der Waals surface area contributed by atoms with Gasteiger partial charge in [-0.1, -0.05) is 72.3 Å². The molecule has 1 unspecified atom stereocenters. The molecule has 1 heteroatoms. The van der Waals surface area contributed by atoms with E-state index < -0.39 is 0 Å². The molecule has 0 heterocycles. The number of rotatable bonds is 3. The van der Waals surface area contributed by atoms with Crippen molar-refractivity contribution in [1.82, 2.24) is 0 Å². The van der Waals surface area contributed by atoms with Gasteiger partial charge in [0.1, 0.15) is 5.75 Å². The quantitative estimate of drug-likeness (QED) is 0.853.